The predicted molar refractivity (Wildman–Crippen MR) is 146 cm³/mol. The van der Waals surface area contributed by atoms with E-state index < -0.39 is 6.04 Å². The molecule has 8 nitrogen and oxygen atoms in total. The summed E-state index contributed by atoms with van der Waals surface area (Å²) >= 11 is 6.22. The van der Waals surface area contributed by atoms with Gasteiger partial charge in [0.1, 0.15) is 12.4 Å². The number of benzene rings is 1. The average Bonchev–Trinajstić information content (AvgIpc) is 3.42. The van der Waals surface area contributed by atoms with Crippen LogP contribution in [-0.2, 0) is 10.5 Å². The molecule has 35 heavy (non-hydrogen) atoms. The number of rotatable bonds is 17. The summed E-state index contributed by atoms with van der Waals surface area (Å²) in [5.41, 5.74) is 7.16. The SMILES string of the molecule is N[C@H](CCCCNCCCCC[C@@H]1SC[C@@H]2NC(=O)N[C@@H]21)C(=O)NCCOc1ccc(CS)cc1. The van der Waals surface area contributed by atoms with Gasteiger partial charge in [0.2, 0.25) is 5.91 Å². The molecule has 0 saturated carbocycles. The summed E-state index contributed by atoms with van der Waals surface area (Å²) in [5.74, 6) is 2.39. The molecule has 10 heteroatoms. The van der Waals surface area contributed by atoms with Crippen LogP contribution < -0.4 is 31.7 Å². The Kier molecular flexibility index (Phi) is 12.4. The first-order chi connectivity index (χ1) is 17.1. The highest BCUT2D eigenvalue weighted by atomic mass is 32.2. The highest BCUT2D eigenvalue weighted by Gasteiger charge is 2.42. The molecule has 2 saturated heterocycles. The van der Waals surface area contributed by atoms with Crippen LogP contribution in [0.25, 0.3) is 0 Å². The number of amides is 3. The Labute approximate surface area is 219 Å². The number of carbonyl (C=O) groups is 2. The summed E-state index contributed by atoms with van der Waals surface area (Å²) in [6, 6.07) is 7.93. The van der Waals surface area contributed by atoms with Gasteiger partial charge in [-0.2, -0.15) is 24.4 Å². The molecule has 0 aliphatic carbocycles. The number of ether oxygens (including phenoxy) is 1. The van der Waals surface area contributed by atoms with E-state index in [2.05, 4.69) is 33.9 Å². The van der Waals surface area contributed by atoms with Crippen LogP contribution in [0.3, 0.4) is 0 Å². The van der Waals surface area contributed by atoms with E-state index in [1.54, 1.807) is 0 Å². The van der Waals surface area contributed by atoms with Gasteiger partial charge in [0.15, 0.2) is 0 Å². The Morgan fingerprint density at radius 3 is 2.66 bits per heavy atom. The Morgan fingerprint density at radius 1 is 1.11 bits per heavy atom. The molecule has 0 spiro atoms. The molecule has 3 amide bonds. The first-order valence-corrected chi connectivity index (χ1v) is 14.5. The second kappa shape index (κ2) is 15.5. The van der Waals surface area contributed by atoms with Crippen molar-refractivity contribution in [2.75, 3.05) is 32.0 Å². The van der Waals surface area contributed by atoms with E-state index in [0.29, 0.717) is 42.7 Å². The normalized spacial score (nSPS) is 21.8. The van der Waals surface area contributed by atoms with Crippen LogP contribution in [0.1, 0.15) is 50.5 Å². The molecule has 2 fully saturated rings. The standard InChI is InChI=1S/C25H41N5O3S2/c26-20(24(31)28-14-15-33-19-10-8-18(16-34)9-11-19)6-3-5-13-27-12-4-1-2-7-22-23-21(17-35-22)29-25(32)30-23/h8-11,20-23,27,34H,1-7,12-17,26H2,(H,28,31)(H2,29,30,32)/t20-,21+,22+,23+/m1/s1. The zero-order chi connectivity index (χ0) is 24.9. The van der Waals surface area contributed by atoms with Crippen LogP contribution in [0.15, 0.2) is 24.3 Å². The van der Waals surface area contributed by atoms with Crippen LogP contribution in [0, 0.1) is 0 Å². The number of hydrogen-bond donors (Lipinski definition) is 6. The van der Waals surface area contributed by atoms with Gasteiger partial charge in [0.05, 0.1) is 24.7 Å². The van der Waals surface area contributed by atoms with E-state index in [1.165, 1.54) is 25.7 Å². The van der Waals surface area contributed by atoms with Gasteiger partial charge in [-0.05, 0) is 56.5 Å². The molecule has 1 aromatic carbocycles. The van der Waals surface area contributed by atoms with Crippen molar-refractivity contribution in [3.05, 3.63) is 29.8 Å². The monoisotopic (exact) mass is 523 g/mol. The zero-order valence-corrected chi connectivity index (χ0v) is 22.2. The summed E-state index contributed by atoms with van der Waals surface area (Å²) in [6.07, 6.45) is 7.38. The number of carbonyl (C=O) groups excluding carboxylic acids is 2. The van der Waals surface area contributed by atoms with Crippen LogP contribution in [0.4, 0.5) is 4.79 Å². The molecule has 0 unspecified atom stereocenters. The number of thiol groups is 1. The van der Waals surface area contributed by atoms with E-state index >= 15 is 0 Å². The number of hydrogen-bond acceptors (Lipinski definition) is 7. The van der Waals surface area contributed by atoms with Crippen molar-refractivity contribution in [3.8, 4) is 5.75 Å². The highest BCUT2D eigenvalue weighted by molar-refractivity contribution is 8.00. The first-order valence-electron chi connectivity index (χ1n) is 12.8. The smallest absolute Gasteiger partial charge is 0.315 e. The van der Waals surface area contributed by atoms with E-state index in [4.69, 9.17) is 10.5 Å². The van der Waals surface area contributed by atoms with Crippen LogP contribution in [0.5, 0.6) is 5.75 Å². The number of urea groups is 1. The topological polar surface area (TPSA) is 118 Å². The van der Waals surface area contributed by atoms with Gasteiger partial charge in [-0.1, -0.05) is 31.4 Å². The Morgan fingerprint density at radius 2 is 1.89 bits per heavy atom. The van der Waals surface area contributed by atoms with Gasteiger partial charge >= 0.3 is 6.03 Å². The molecule has 196 valence electrons. The minimum atomic E-state index is -0.474. The van der Waals surface area contributed by atoms with E-state index in [0.717, 1.165) is 43.0 Å². The van der Waals surface area contributed by atoms with Crippen molar-refractivity contribution < 1.29 is 14.3 Å². The minimum Gasteiger partial charge on any atom is -0.492 e. The quantitative estimate of drug-likeness (QED) is 0.106. The van der Waals surface area contributed by atoms with E-state index in [1.807, 2.05) is 36.0 Å². The molecule has 0 bridgehead atoms. The lowest BCUT2D eigenvalue weighted by molar-refractivity contribution is -0.122. The molecule has 2 aliphatic heterocycles. The molecule has 2 heterocycles. The number of nitrogens with one attached hydrogen (secondary N) is 4. The van der Waals surface area contributed by atoms with Crippen molar-refractivity contribution in [2.24, 2.45) is 5.73 Å². The molecule has 2 aliphatic rings. The summed E-state index contributed by atoms with van der Waals surface area (Å²) in [5, 5.41) is 12.9. The number of fused-ring (bicyclic) bond motifs is 1. The van der Waals surface area contributed by atoms with Gasteiger partial charge in [0.25, 0.3) is 0 Å². The Bertz CT molecular complexity index is 783. The maximum atomic E-state index is 12.1. The average molecular weight is 524 g/mol. The van der Waals surface area contributed by atoms with Crippen LogP contribution in [0.2, 0.25) is 0 Å². The number of unbranched alkanes of at least 4 members (excludes halogenated alkanes) is 3. The number of thioether (sulfide) groups is 1. The second-order valence-corrected chi connectivity index (χ2v) is 10.9. The van der Waals surface area contributed by atoms with Gasteiger partial charge in [-0.15, -0.1) is 0 Å². The van der Waals surface area contributed by atoms with Crippen molar-refractivity contribution >= 4 is 36.3 Å². The molecule has 6 N–H and O–H groups in total. The molecule has 4 atom stereocenters. The Balaban J connectivity index is 1.10. The van der Waals surface area contributed by atoms with Gasteiger partial charge in [0, 0.05) is 16.8 Å². The van der Waals surface area contributed by atoms with Gasteiger partial charge in [-0.3, -0.25) is 4.79 Å². The zero-order valence-electron chi connectivity index (χ0n) is 20.5. The molecular weight excluding hydrogens is 482 g/mol. The third-order valence-corrected chi connectivity index (χ3v) is 8.39. The van der Waals surface area contributed by atoms with Crippen molar-refractivity contribution in [1.29, 1.82) is 0 Å². The first kappa shape index (κ1) is 28.0. The lowest BCUT2D eigenvalue weighted by Gasteiger charge is -2.16. The third kappa shape index (κ3) is 9.74. The number of nitrogens with two attached hydrogens (primary N) is 1. The van der Waals surface area contributed by atoms with Crippen molar-refractivity contribution in [3.63, 3.8) is 0 Å². The lowest BCUT2D eigenvalue weighted by Crippen LogP contribution is -2.42. The fraction of sp³-hybridized carbons (Fsp3) is 0.680. The van der Waals surface area contributed by atoms with E-state index in [9.17, 15) is 9.59 Å². The molecular formula is C25H41N5O3S2. The highest BCUT2D eigenvalue weighted by Crippen LogP contribution is 2.33. The third-order valence-electron chi connectivity index (χ3n) is 6.51. The van der Waals surface area contributed by atoms with Gasteiger partial charge < -0.3 is 31.7 Å². The Hall–Kier alpha value is -1.62. The summed E-state index contributed by atoms with van der Waals surface area (Å²) in [7, 11) is 0. The maximum absolute atomic E-state index is 12.1. The fourth-order valence-corrected chi connectivity index (χ4v) is 6.21. The second-order valence-electron chi connectivity index (χ2n) is 9.27. The maximum Gasteiger partial charge on any atom is 0.315 e. The molecule has 3 rings (SSSR count). The van der Waals surface area contributed by atoms with Crippen molar-refractivity contribution in [2.45, 2.75) is 74.1 Å². The predicted octanol–water partition coefficient (Wildman–Crippen LogP) is 2.42. The van der Waals surface area contributed by atoms with Crippen LogP contribution in [-0.4, -0.2) is 67.3 Å². The van der Waals surface area contributed by atoms with Crippen molar-refractivity contribution in [1.82, 2.24) is 21.3 Å². The summed E-state index contributed by atoms with van der Waals surface area (Å²) in [4.78, 5) is 23.6. The summed E-state index contributed by atoms with van der Waals surface area (Å²) in [6.45, 7) is 2.83. The van der Waals surface area contributed by atoms with Gasteiger partial charge in [-0.25, -0.2) is 4.79 Å². The molecule has 0 aromatic heterocycles. The molecule has 1 aromatic rings. The van der Waals surface area contributed by atoms with E-state index in [-0.39, 0.29) is 11.9 Å². The largest absolute Gasteiger partial charge is 0.492 e. The minimum absolute atomic E-state index is 0.00653. The molecule has 0 radical (unpaired) electrons. The van der Waals surface area contributed by atoms with Crippen LogP contribution >= 0.6 is 24.4 Å². The fourth-order valence-electron chi connectivity index (χ4n) is 4.45. The lowest BCUT2D eigenvalue weighted by atomic mass is 10.0. The summed E-state index contributed by atoms with van der Waals surface area (Å²) < 4.78 is 5.63.